The van der Waals surface area contributed by atoms with E-state index >= 15 is 0 Å². The van der Waals surface area contributed by atoms with E-state index in [-0.39, 0.29) is 6.10 Å². The van der Waals surface area contributed by atoms with E-state index in [0.29, 0.717) is 12.5 Å². The number of benzene rings is 1. The number of aromatic nitrogens is 1. The highest BCUT2D eigenvalue weighted by Crippen LogP contribution is 2.34. The number of halogens is 1. The summed E-state index contributed by atoms with van der Waals surface area (Å²) in [4.78, 5) is 4.75. The van der Waals surface area contributed by atoms with Gasteiger partial charge in [0.25, 0.3) is 0 Å². The summed E-state index contributed by atoms with van der Waals surface area (Å²) in [6.45, 7) is 7.07. The maximum absolute atomic E-state index is 5.81. The Labute approximate surface area is 127 Å². The first-order valence-corrected chi connectivity index (χ1v) is 8.12. The minimum atomic E-state index is 0.0891. The van der Waals surface area contributed by atoms with Gasteiger partial charge in [-0.25, -0.2) is 4.98 Å². The first kappa shape index (κ1) is 14.7. The molecule has 2 rings (SSSR count). The van der Waals surface area contributed by atoms with E-state index in [4.69, 9.17) is 9.72 Å². The Hall–Kier alpha value is -0.710. The molecule has 0 N–H and O–H groups in total. The second-order valence-corrected chi connectivity index (χ2v) is 6.41. The van der Waals surface area contributed by atoms with Crippen molar-refractivity contribution in [3.63, 3.8) is 0 Å². The summed E-state index contributed by atoms with van der Waals surface area (Å²) < 4.78 is 6.88. The number of nitrogens with zero attached hydrogens (tertiary/aromatic N) is 1. The molecule has 1 heterocycles. The van der Waals surface area contributed by atoms with E-state index in [1.165, 1.54) is 0 Å². The maximum Gasteiger partial charge on any atom is 0.122 e. The van der Waals surface area contributed by atoms with Gasteiger partial charge in [0.2, 0.25) is 0 Å². The SMILES string of the molecule is CCOC(c1nc(-c2ccccc2Br)cs1)C(C)C. The topological polar surface area (TPSA) is 22.1 Å². The van der Waals surface area contributed by atoms with E-state index in [1.54, 1.807) is 11.3 Å². The molecule has 0 aliphatic carbocycles. The highest BCUT2D eigenvalue weighted by molar-refractivity contribution is 9.10. The molecule has 1 unspecified atom stereocenters. The van der Waals surface area contributed by atoms with Crippen LogP contribution in [0.25, 0.3) is 11.3 Å². The van der Waals surface area contributed by atoms with E-state index in [0.717, 1.165) is 20.7 Å². The summed E-state index contributed by atoms with van der Waals surface area (Å²) in [6.07, 6.45) is 0.0891. The maximum atomic E-state index is 5.81. The smallest absolute Gasteiger partial charge is 0.122 e. The van der Waals surface area contributed by atoms with Crippen LogP contribution in [0.4, 0.5) is 0 Å². The molecular formula is C15H18BrNOS. The highest BCUT2D eigenvalue weighted by atomic mass is 79.9. The number of rotatable bonds is 5. The molecule has 0 amide bonds. The van der Waals surface area contributed by atoms with E-state index < -0.39 is 0 Å². The van der Waals surface area contributed by atoms with Gasteiger partial charge in [-0.05, 0) is 18.9 Å². The Morgan fingerprint density at radius 2 is 2.05 bits per heavy atom. The van der Waals surface area contributed by atoms with Crippen LogP contribution < -0.4 is 0 Å². The van der Waals surface area contributed by atoms with Crippen molar-refractivity contribution in [1.29, 1.82) is 0 Å². The summed E-state index contributed by atoms with van der Waals surface area (Å²) in [5.74, 6) is 0.429. The molecule has 0 saturated carbocycles. The van der Waals surface area contributed by atoms with Crippen molar-refractivity contribution in [2.75, 3.05) is 6.61 Å². The standard InChI is InChI=1S/C15H18BrNOS/c1-4-18-14(10(2)3)15-17-13(9-19-15)11-7-5-6-8-12(11)16/h5-10,14H,4H2,1-3H3. The number of ether oxygens (including phenoxy) is 1. The Kier molecular flexibility index (Phi) is 5.13. The van der Waals surface area contributed by atoms with Crippen LogP contribution in [0.1, 0.15) is 31.9 Å². The van der Waals surface area contributed by atoms with E-state index in [2.05, 4.69) is 41.2 Å². The van der Waals surface area contributed by atoms with Crippen LogP contribution in [0.3, 0.4) is 0 Å². The Balaban J connectivity index is 2.30. The van der Waals surface area contributed by atoms with Crippen molar-refractivity contribution in [3.05, 3.63) is 39.1 Å². The summed E-state index contributed by atoms with van der Waals surface area (Å²) in [5, 5.41) is 3.16. The van der Waals surface area contributed by atoms with Crippen molar-refractivity contribution in [1.82, 2.24) is 4.98 Å². The highest BCUT2D eigenvalue weighted by Gasteiger charge is 2.20. The zero-order chi connectivity index (χ0) is 13.8. The van der Waals surface area contributed by atoms with Gasteiger partial charge in [0.15, 0.2) is 0 Å². The van der Waals surface area contributed by atoms with Crippen molar-refractivity contribution in [3.8, 4) is 11.3 Å². The van der Waals surface area contributed by atoms with Crippen LogP contribution in [0.5, 0.6) is 0 Å². The summed E-state index contributed by atoms with van der Waals surface area (Å²) >= 11 is 5.24. The molecule has 102 valence electrons. The largest absolute Gasteiger partial charge is 0.371 e. The third-order valence-corrected chi connectivity index (χ3v) is 4.46. The normalized spacial score (nSPS) is 12.9. The Morgan fingerprint density at radius 1 is 1.32 bits per heavy atom. The lowest BCUT2D eigenvalue weighted by Gasteiger charge is -2.18. The molecule has 0 aliphatic heterocycles. The van der Waals surface area contributed by atoms with Gasteiger partial charge >= 0.3 is 0 Å². The lowest BCUT2D eigenvalue weighted by atomic mass is 10.1. The van der Waals surface area contributed by atoms with Gasteiger partial charge in [-0.15, -0.1) is 11.3 Å². The molecule has 2 nitrogen and oxygen atoms in total. The predicted octanol–water partition coefficient (Wildman–Crippen LogP) is 5.31. The number of hydrogen-bond acceptors (Lipinski definition) is 3. The van der Waals surface area contributed by atoms with Crippen LogP contribution in [0.2, 0.25) is 0 Å². The van der Waals surface area contributed by atoms with Gasteiger partial charge < -0.3 is 4.74 Å². The van der Waals surface area contributed by atoms with Gasteiger partial charge in [-0.3, -0.25) is 0 Å². The van der Waals surface area contributed by atoms with Crippen molar-refractivity contribution in [2.45, 2.75) is 26.9 Å². The van der Waals surface area contributed by atoms with Gasteiger partial charge in [0.1, 0.15) is 11.1 Å². The van der Waals surface area contributed by atoms with Crippen molar-refractivity contribution < 1.29 is 4.74 Å². The van der Waals surface area contributed by atoms with Gasteiger partial charge in [-0.2, -0.15) is 0 Å². The molecule has 1 aromatic carbocycles. The fraction of sp³-hybridized carbons (Fsp3) is 0.400. The summed E-state index contributed by atoms with van der Waals surface area (Å²) in [7, 11) is 0. The first-order chi connectivity index (χ1) is 9.13. The lowest BCUT2D eigenvalue weighted by molar-refractivity contribution is 0.0293. The van der Waals surface area contributed by atoms with Crippen molar-refractivity contribution in [2.24, 2.45) is 5.92 Å². The predicted molar refractivity (Wildman–Crippen MR) is 84.5 cm³/mol. The lowest BCUT2D eigenvalue weighted by Crippen LogP contribution is -2.10. The molecule has 19 heavy (non-hydrogen) atoms. The molecule has 4 heteroatoms. The third kappa shape index (κ3) is 3.44. The molecule has 0 spiro atoms. The zero-order valence-corrected chi connectivity index (χ0v) is 13.8. The summed E-state index contributed by atoms with van der Waals surface area (Å²) in [6, 6.07) is 8.16. The fourth-order valence-corrected chi connectivity index (χ4v) is 3.46. The molecule has 0 aliphatic rings. The van der Waals surface area contributed by atoms with Crippen molar-refractivity contribution >= 4 is 27.3 Å². The quantitative estimate of drug-likeness (QED) is 0.736. The number of thiazole rings is 1. The van der Waals surface area contributed by atoms with Crippen LogP contribution in [-0.4, -0.2) is 11.6 Å². The molecule has 0 radical (unpaired) electrons. The van der Waals surface area contributed by atoms with Crippen LogP contribution in [0, 0.1) is 5.92 Å². The Bertz CT molecular complexity index is 538. The second-order valence-electron chi connectivity index (χ2n) is 4.67. The first-order valence-electron chi connectivity index (χ1n) is 6.45. The molecule has 2 aromatic rings. The minimum Gasteiger partial charge on any atom is -0.371 e. The second kappa shape index (κ2) is 6.64. The Morgan fingerprint density at radius 3 is 2.68 bits per heavy atom. The monoisotopic (exact) mass is 339 g/mol. The zero-order valence-electron chi connectivity index (χ0n) is 11.4. The average Bonchev–Trinajstić information content (AvgIpc) is 2.85. The average molecular weight is 340 g/mol. The summed E-state index contributed by atoms with van der Waals surface area (Å²) in [5.41, 5.74) is 2.14. The van der Waals surface area contributed by atoms with Crippen LogP contribution in [-0.2, 0) is 4.74 Å². The fourth-order valence-electron chi connectivity index (χ4n) is 1.94. The minimum absolute atomic E-state index is 0.0891. The molecule has 1 aromatic heterocycles. The third-order valence-electron chi connectivity index (χ3n) is 2.87. The van der Waals surface area contributed by atoms with Gasteiger partial charge in [0, 0.05) is 22.0 Å². The van der Waals surface area contributed by atoms with Gasteiger partial charge in [-0.1, -0.05) is 48.0 Å². The van der Waals surface area contributed by atoms with E-state index in [1.807, 2.05) is 25.1 Å². The molecular weight excluding hydrogens is 322 g/mol. The van der Waals surface area contributed by atoms with E-state index in [9.17, 15) is 0 Å². The number of hydrogen-bond donors (Lipinski definition) is 0. The molecule has 0 fully saturated rings. The molecule has 0 bridgehead atoms. The molecule has 0 saturated heterocycles. The van der Waals surface area contributed by atoms with Crippen LogP contribution in [0.15, 0.2) is 34.1 Å². The van der Waals surface area contributed by atoms with Gasteiger partial charge in [0.05, 0.1) is 5.69 Å². The van der Waals surface area contributed by atoms with Crippen LogP contribution >= 0.6 is 27.3 Å². The molecule has 1 atom stereocenters.